The molecule has 0 bridgehead atoms. The lowest BCUT2D eigenvalue weighted by Crippen LogP contribution is -2.48. The normalized spacial score (nSPS) is 29.1. The molecule has 1 aliphatic carbocycles. The molecule has 0 aliphatic heterocycles. The van der Waals surface area contributed by atoms with Gasteiger partial charge >= 0.3 is 0 Å². The van der Waals surface area contributed by atoms with E-state index in [2.05, 4.69) is 29.6 Å². The Morgan fingerprint density at radius 3 is 2.50 bits per heavy atom. The van der Waals surface area contributed by atoms with Crippen molar-refractivity contribution >= 4 is 5.96 Å². The predicted molar refractivity (Wildman–Crippen MR) is 75.2 cm³/mol. The fourth-order valence-corrected chi connectivity index (χ4v) is 2.79. The Kier molecular flexibility index (Phi) is 7.05. The van der Waals surface area contributed by atoms with Gasteiger partial charge in [0.1, 0.15) is 0 Å². The first-order valence-corrected chi connectivity index (χ1v) is 6.92. The summed E-state index contributed by atoms with van der Waals surface area (Å²) in [6.45, 7) is 6.10. The van der Waals surface area contributed by atoms with Crippen molar-refractivity contribution in [2.24, 2.45) is 22.7 Å². The highest BCUT2D eigenvalue weighted by Crippen LogP contribution is 2.28. The van der Waals surface area contributed by atoms with Gasteiger partial charge in [-0.05, 0) is 37.5 Å². The van der Waals surface area contributed by atoms with Crippen LogP contribution < -0.4 is 16.6 Å². The molecule has 0 aromatic carbocycles. The van der Waals surface area contributed by atoms with Crippen molar-refractivity contribution in [3.05, 3.63) is 0 Å². The van der Waals surface area contributed by atoms with Crippen molar-refractivity contribution in [1.82, 2.24) is 10.7 Å². The molecule has 0 radical (unpaired) electrons. The summed E-state index contributed by atoms with van der Waals surface area (Å²) in [5.74, 6) is 7.76. The SMILES string of the molecule is COCCCN=C(NN)NC1CC(C)CC(C)C1. The molecule has 0 aromatic heterocycles. The first-order valence-electron chi connectivity index (χ1n) is 6.92. The van der Waals surface area contributed by atoms with Crippen LogP contribution in [-0.4, -0.2) is 32.3 Å². The van der Waals surface area contributed by atoms with Crippen molar-refractivity contribution in [2.45, 2.75) is 45.6 Å². The van der Waals surface area contributed by atoms with Crippen LogP contribution in [0.3, 0.4) is 0 Å². The Morgan fingerprint density at radius 2 is 1.94 bits per heavy atom. The molecule has 0 saturated heterocycles. The lowest BCUT2D eigenvalue weighted by atomic mass is 9.80. The van der Waals surface area contributed by atoms with Gasteiger partial charge in [0.25, 0.3) is 0 Å². The molecule has 1 fully saturated rings. The van der Waals surface area contributed by atoms with Crippen LogP contribution in [0.1, 0.15) is 39.5 Å². The van der Waals surface area contributed by atoms with Crippen LogP contribution in [-0.2, 0) is 4.74 Å². The summed E-state index contributed by atoms with van der Waals surface area (Å²) in [7, 11) is 1.70. The molecule has 0 spiro atoms. The molecule has 5 heteroatoms. The molecule has 2 atom stereocenters. The zero-order valence-corrected chi connectivity index (χ0v) is 11.9. The van der Waals surface area contributed by atoms with Crippen molar-refractivity contribution in [3.63, 3.8) is 0 Å². The van der Waals surface area contributed by atoms with Gasteiger partial charge in [-0.3, -0.25) is 10.4 Å². The number of guanidine groups is 1. The third-order valence-electron chi connectivity index (χ3n) is 3.43. The van der Waals surface area contributed by atoms with Crippen LogP contribution in [0.2, 0.25) is 0 Å². The number of ether oxygens (including phenoxy) is 1. The highest BCUT2D eigenvalue weighted by atomic mass is 16.5. The fourth-order valence-electron chi connectivity index (χ4n) is 2.79. The second kappa shape index (κ2) is 8.32. The quantitative estimate of drug-likeness (QED) is 0.228. The molecule has 106 valence electrons. The molecule has 4 N–H and O–H groups in total. The van der Waals surface area contributed by atoms with Gasteiger partial charge < -0.3 is 10.1 Å². The summed E-state index contributed by atoms with van der Waals surface area (Å²) in [5, 5.41) is 3.42. The van der Waals surface area contributed by atoms with Crippen LogP contribution in [0.4, 0.5) is 0 Å². The van der Waals surface area contributed by atoms with Gasteiger partial charge in [-0.15, -0.1) is 0 Å². The van der Waals surface area contributed by atoms with Crippen LogP contribution in [0.5, 0.6) is 0 Å². The van der Waals surface area contributed by atoms with Crippen molar-refractivity contribution in [3.8, 4) is 0 Å². The zero-order chi connectivity index (χ0) is 13.4. The molecule has 0 aromatic rings. The van der Waals surface area contributed by atoms with E-state index in [0.29, 0.717) is 12.0 Å². The maximum absolute atomic E-state index is 5.50. The number of aliphatic imine (C=N–C) groups is 1. The second-order valence-electron chi connectivity index (χ2n) is 5.48. The Morgan fingerprint density at radius 1 is 1.28 bits per heavy atom. The highest BCUT2D eigenvalue weighted by Gasteiger charge is 2.24. The average molecular weight is 256 g/mol. The maximum atomic E-state index is 5.50. The Bertz CT molecular complexity index is 247. The number of nitrogens with one attached hydrogen (secondary N) is 2. The summed E-state index contributed by atoms with van der Waals surface area (Å²) in [5.41, 5.74) is 2.65. The summed E-state index contributed by atoms with van der Waals surface area (Å²) < 4.78 is 4.99. The molecule has 1 rings (SSSR count). The molecular formula is C13H28N4O. The number of methoxy groups -OCH3 is 1. The summed E-state index contributed by atoms with van der Waals surface area (Å²) in [6.07, 6.45) is 4.64. The van der Waals surface area contributed by atoms with Gasteiger partial charge in [0.2, 0.25) is 5.96 Å². The van der Waals surface area contributed by atoms with Gasteiger partial charge in [-0.2, -0.15) is 0 Å². The van der Waals surface area contributed by atoms with Gasteiger partial charge in [0.05, 0.1) is 0 Å². The second-order valence-corrected chi connectivity index (χ2v) is 5.48. The van der Waals surface area contributed by atoms with Crippen LogP contribution in [0.15, 0.2) is 4.99 Å². The van der Waals surface area contributed by atoms with E-state index in [0.717, 1.165) is 31.4 Å². The molecule has 0 amide bonds. The molecule has 18 heavy (non-hydrogen) atoms. The topological polar surface area (TPSA) is 71.7 Å². The van der Waals surface area contributed by atoms with Gasteiger partial charge in [-0.1, -0.05) is 13.8 Å². The third kappa shape index (κ3) is 5.69. The highest BCUT2D eigenvalue weighted by molar-refractivity contribution is 5.79. The minimum absolute atomic E-state index is 0.487. The molecule has 1 saturated carbocycles. The third-order valence-corrected chi connectivity index (χ3v) is 3.43. The van der Waals surface area contributed by atoms with E-state index in [1.54, 1.807) is 7.11 Å². The van der Waals surface area contributed by atoms with Crippen molar-refractivity contribution in [2.75, 3.05) is 20.3 Å². The number of rotatable bonds is 5. The smallest absolute Gasteiger partial charge is 0.205 e. The predicted octanol–water partition coefficient (Wildman–Crippen LogP) is 1.26. The number of hydrogen-bond acceptors (Lipinski definition) is 3. The van der Waals surface area contributed by atoms with Crippen molar-refractivity contribution in [1.29, 1.82) is 0 Å². The van der Waals surface area contributed by atoms with E-state index in [9.17, 15) is 0 Å². The van der Waals surface area contributed by atoms with E-state index in [1.807, 2.05) is 0 Å². The van der Waals surface area contributed by atoms with E-state index in [1.165, 1.54) is 19.3 Å². The first kappa shape index (κ1) is 15.2. The van der Waals surface area contributed by atoms with Crippen LogP contribution in [0.25, 0.3) is 0 Å². The lowest BCUT2D eigenvalue weighted by molar-refractivity contribution is 0.197. The number of nitrogens with two attached hydrogens (primary N) is 1. The van der Waals surface area contributed by atoms with E-state index in [4.69, 9.17) is 10.6 Å². The molecule has 1 aliphatic rings. The Labute approximate surface area is 111 Å². The largest absolute Gasteiger partial charge is 0.385 e. The Balaban J connectivity index is 2.36. The number of hydrazine groups is 1. The van der Waals surface area contributed by atoms with Crippen molar-refractivity contribution < 1.29 is 4.74 Å². The minimum atomic E-state index is 0.487. The summed E-state index contributed by atoms with van der Waals surface area (Å²) >= 11 is 0. The maximum Gasteiger partial charge on any atom is 0.205 e. The van der Waals surface area contributed by atoms with Gasteiger partial charge in [0.15, 0.2) is 0 Å². The van der Waals surface area contributed by atoms with Gasteiger partial charge in [0, 0.05) is 26.3 Å². The molecule has 2 unspecified atom stereocenters. The minimum Gasteiger partial charge on any atom is -0.385 e. The number of nitrogens with zero attached hydrogens (tertiary/aromatic N) is 1. The summed E-state index contributed by atoms with van der Waals surface area (Å²) in [6, 6.07) is 0.487. The summed E-state index contributed by atoms with van der Waals surface area (Å²) in [4.78, 5) is 4.41. The zero-order valence-electron chi connectivity index (χ0n) is 11.9. The van der Waals surface area contributed by atoms with Crippen LogP contribution in [0, 0.1) is 11.8 Å². The lowest BCUT2D eigenvalue weighted by Gasteiger charge is -2.32. The van der Waals surface area contributed by atoms with E-state index < -0.39 is 0 Å². The van der Waals surface area contributed by atoms with E-state index in [-0.39, 0.29) is 0 Å². The average Bonchev–Trinajstić information content (AvgIpc) is 2.32. The van der Waals surface area contributed by atoms with Gasteiger partial charge in [-0.25, -0.2) is 5.84 Å². The molecule has 0 heterocycles. The monoisotopic (exact) mass is 256 g/mol. The number of hydrogen-bond donors (Lipinski definition) is 3. The first-order chi connectivity index (χ1) is 8.65. The Hall–Kier alpha value is -0.810. The van der Waals surface area contributed by atoms with E-state index >= 15 is 0 Å². The van der Waals surface area contributed by atoms with Crippen LogP contribution >= 0.6 is 0 Å². The fraction of sp³-hybridized carbons (Fsp3) is 0.923. The standard InChI is InChI=1S/C13H28N4O/c1-10-7-11(2)9-12(8-10)16-13(17-14)15-5-4-6-18-3/h10-12H,4-9,14H2,1-3H3,(H2,15,16,17). The molecule has 5 nitrogen and oxygen atoms in total. The molecular weight excluding hydrogens is 228 g/mol.